The maximum atomic E-state index is 11.3. The highest BCUT2D eigenvalue weighted by molar-refractivity contribution is 7.90. The largest absolute Gasteiger partial charge is 0.481 e. The molecule has 0 saturated carbocycles. The van der Waals surface area contributed by atoms with Gasteiger partial charge in [-0.05, 0) is 0 Å². The van der Waals surface area contributed by atoms with E-state index in [2.05, 4.69) is 14.7 Å². The molecule has 0 N–H and O–H groups in total. The van der Waals surface area contributed by atoms with E-state index in [-0.39, 0.29) is 18.4 Å². The summed E-state index contributed by atoms with van der Waals surface area (Å²) in [7, 11) is -1.08. The van der Waals surface area contributed by atoms with Crippen LogP contribution in [0.1, 0.15) is 0 Å². The van der Waals surface area contributed by atoms with Crippen molar-refractivity contribution in [2.75, 3.05) is 27.1 Å². The van der Waals surface area contributed by atoms with Crippen molar-refractivity contribution in [3.8, 4) is 11.8 Å². The molecule has 1 aromatic rings. The normalized spacial score (nSPS) is 10.8. The molecule has 0 saturated heterocycles. The van der Waals surface area contributed by atoms with Gasteiger partial charge in [-0.25, -0.2) is 13.2 Å². The lowest BCUT2D eigenvalue weighted by Gasteiger charge is -2.07. The fourth-order valence-electron chi connectivity index (χ4n) is 0.920. The molecule has 0 unspecified atom stereocenters. The lowest BCUT2D eigenvalue weighted by Crippen LogP contribution is -2.14. The monoisotopic (exact) mass is 276 g/mol. The average Bonchev–Trinajstić information content (AvgIpc) is 2.34. The minimum atomic E-state index is -3.60. The second-order valence-electron chi connectivity index (χ2n) is 3.17. The molecule has 0 aliphatic heterocycles. The molecule has 1 aromatic heterocycles. The number of hydrogen-bond acceptors (Lipinski definition) is 8. The van der Waals surface area contributed by atoms with Gasteiger partial charge in [0.05, 0.1) is 20.3 Å². The van der Waals surface area contributed by atoms with Crippen LogP contribution in [0, 0.1) is 0 Å². The zero-order valence-corrected chi connectivity index (χ0v) is 10.9. The molecule has 0 aromatic carbocycles. The van der Waals surface area contributed by atoms with Gasteiger partial charge in [0.1, 0.15) is 0 Å². The van der Waals surface area contributed by atoms with E-state index in [0.29, 0.717) is 0 Å². The van der Waals surface area contributed by atoms with E-state index in [9.17, 15) is 13.2 Å². The molecule has 0 amide bonds. The Hall–Kier alpha value is -1.90. The SMILES string of the molecule is COC(=O)COc1cc(OC)nc(S(C)(=O)=O)n1. The number of sulfone groups is 1. The maximum absolute atomic E-state index is 11.3. The predicted molar refractivity (Wildman–Crippen MR) is 59.2 cm³/mol. The van der Waals surface area contributed by atoms with Crippen molar-refractivity contribution >= 4 is 15.8 Å². The first kappa shape index (κ1) is 14.2. The third-order valence-corrected chi connectivity index (χ3v) is 2.61. The van der Waals surface area contributed by atoms with Gasteiger partial charge in [-0.1, -0.05) is 0 Å². The summed E-state index contributed by atoms with van der Waals surface area (Å²) in [6.07, 6.45) is 0.950. The molecule has 18 heavy (non-hydrogen) atoms. The Labute approximate surface area is 104 Å². The van der Waals surface area contributed by atoms with Crippen molar-refractivity contribution in [2.24, 2.45) is 0 Å². The lowest BCUT2D eigenvalue weighted by atomic mass is 10.6. The van der Waals surface area contributed by atoms with E-state index in [4.69, 9.17) is 9.47 Å². The minimum absolute atomic E-state index is 0.0188. The van der Waals surface area contributed by atoms with Crippen LogP contribution in [0.2, 0.25) is 0 Å². The van der Waals surface area contributed by atoms with Crippen LogP contribution in [-0.4, -0.2) is 51.4 Å². The van der Waals surface area contributed by atoms with Gasteiger partial charge in [-0.15, -0.1) is 0 Å². The van der Waals surface area contributed by atoms with Crippen LogP contribution in [0.15, 0.2) is 11.2 Å². The fourth-order valence-corrected chi connectivity index (χ4v) is 1.43. The van der Waals surface area contributed by atoms with E-state index < -0.39 is 21.0 Å². The quantitative estimate of drug-likeness (QED) is 0.520. The van der Waals surface area contributed by atoms with Gasteiger partial charge in [-0.2, -0.15) is 9.97 Å². The molecule has 0 bridgehead atoms. The number of methoxy groups -OCH3 is 2. The Morgan fingerprint density at radius 2 is 1.89 bits per heavy atom. The molecule has 100 valence electrons. The summed E-state index contributed by atoms with van der Waals surface area (Å²) in [6, 6.07) is 1.26. The van der Waals surface area contributed by atoms with E-state index in [1.54, 1.807) is 0 Å². The highest BCUT2D eigenvalue weighted by Crippen LogP contribution is 2.17. The number of rotatable bonds is 5. The maximum Gasteiger partial charge on any atom is 0.343 e. The van der Waals surface area contributed by atoms with E-state index >= 15 is 0 Å². The zero-order valence-electron chi connectivity index (χ0n) is 10.0. The minimum Gasteiger partial charge on any atom is -0.481 e. The van der Waals surface area contributed by atoms with Crippen molar-refractivity contribution in [3.05, 3.63) is 6.07 Å². The summed E-state index contributed by atoms with van der Waals surface area (Å²) in [5, 5.41) is -0.443. The average molecular weight is 276 g/mol. The van der Waals surface area contributed by atoms with Gasteiger partial charge in [0, 0.05) is 6.26 Å². The fraction of sp³-hybridized carbons (Fsp3) is 0.444. The molecule has 1 rings (SSSR count). The number of carbonyl (C=O) groups is 1. The first-order chi connectivity index (χ1) is 8.36. The van der Waals surface area contributed by atoms with E-state index in [0.717, 1.165) is 6.26 Å². The second-order valence-corrected chi connectivity index (χ2v) is 5.08. The Morgan fingerprint density at radius 3 is 2.39 bits per heavy atom. The van der Waals surface area contributed by atoms with Crippen molar-refractivity contribution in [3.63, 3.8) is 0 Å². The number of carbonyl (C=O) groups excluding carboxylic acids is 1. The van der Waals surface area contributed by atoms with Crippen LogP contribution < -0.4 is 9.47 Å². The zero-order chi connectivity index (χ0) is 13.8. The van der Waals surface area contributed by atoms with E-state index in [1.807, 2.05) is 0 Å². The number of ether oxygens (including phenoxy) is 3. The first-order valence-corrected chi connectivity index (χ1v) is 6.58. The van der Waals surface area contributed by atoms with Crippen molar-refractivity contribution < 1.29 is 27.4 Å². The van der Waals surface area contributed by atoms with Crippen LogP contribution in [0.25, 0.3) is 0 Å². The topological polar surface area (TPSA) is 105 Å². The van der Waals surface area contributed by atoms with Crippen LogP contribution in [0.3, 0.4) is 0 Å². The summed E-state index contributed by atoms with van der Waals surface area (Å²) < 4.78 is 36.8. The summed E-state index contributed by atoms with van der Waals surface area (Å²) >= 11 is 0. The van der Waals surface area contributed by atoms with E-state index in [1.165, 1.54) is 20.3 Å². The molecule has 1 heterocycles. The Balaban J connectivity index is 3.02. The van der Waals surface area contributed by atoms with Crippen molar-refractivity contribution in [1.82, 2.24) is 9.97 Å². The van der Waals surface area contributed by atoms with Gasteiger partial charge in [0.15, 0.2) is 6.61 Å². The molecule has 8 nitrogen and oxygen atoms in total. The van der Waals surface area contributed by atoms with Gasteiger partial charge in [-0.3, -0.25) is 0 Å². The molecular formula is C9H12N2O6S. The van der Waals surface area contributed by atoms with Gasteiger partial charge in [0.2, 0.25) is 21.6 Å². The molecule has 0 spiro atoms. The van der Waals surface area contributed by atoms with Crippen LogP contribution in [0.5, 0.6) is 11.8 Å². The molecule has 0 radical (unpaired) electrons. The smallest absolute Gasteiger partial charge is 0.343 e. The second kappa shape index (κ2) is 5.63. The van der Waals surface area contributed by atoms with Gasteiger partial charge in [0.25, 0.3) is 5.16 Å². The number of nitrogens with zero attached hydrogens (tertiary/aromatic N) is 2. The molecule has 0 aliphatic rings. The van der Waals surface area contributed by atoms with Crippen molar-refractivity contribution in [2.45, 2.75) is 5.16 Å². The van der Waals surface area contributed by atoms with Crippen molar-refractivity contribution in [1.29, 1.82) is 0 Å². The van der Waals surface area contributed by atoms with Crippen LogP contribution in [-0.2, 0) is 19.4 Å². The summed E-state index contributed by atoms with van der Waals surface area (Å²) in [5.74, 6) is -0.688. The highest BCUT2D eigenvalue weighted by atomic mass is 32.2. The third-order valence-electron chi connectivity index (χ3n) is 1.76. The predicted octanol–water partition coefficient (Wildman–Crippen LogP) is -0.559. The molecule has 0 atom stereocenters. The first-order valence-electron chi connectivity index (χ1n) is 4.69. The molecular weight excluding hydrogens is 264 g/mol. The molecule has 0 aliphatic carbocycles. The highest BCUT2D eigenvalue weighted by Gasteiger charge is 2.16. The summed E-state index contributed by atoms with van der Waals surface area (Å²) in [5.41, 5.74) is 0. The van der Waals surface area contributed by atoms with Crippen LogP contribution in [0.4, 0.5) is 0 Å². The Kier molecular flexibility index (Phi) is 4.43. The standard InChI is InChI=1S/C9H12N2O6S/c1-15-6-4-7(17-5-8(12)16-2)11-9(10-6)18(3,13)14/h4H,5H2,1-3H3. The number of hydrogen-bond donors (Lipinski definition) is 0. The number of esters is 1. The molecule has 9 heteroatoms. The molecule has 0 fully saturated rings. The summed E-state index contributed by atoms with van der Waals surface area (Å²) in [6.45, 7) is -0.389. The van der Waals surface area contributed by atoms with Gasteiger partial charge >= 0.3 is 5.97 Å². The van der Waals surface area contributed by atoms with Gasteiger partial charge < -0.3 is 14.2 Å². The number of aromatic nitrogens is 2. The summed E-state index contributed by atoms with van der Waals surface area (Å²) in [4.78, 5) is 18.2. The lowest BCUT2D eigenvalue weighted by molar-refractivity contribution is -0.143. The van der Waals surface area contributed by atoms with Crippen LogP contribution >= 0.6 is 0 Å². The Bertz CT molecular complexity index is 542. The Morgan fingerprint density at radius 1 is 1.28 bits per heavy atom. The third kappa shape index (κ3) is 3.84.